The molecular weight excluding hydrogens is 309 g/mol. The van der Waals surface area contributed by atoms with Gasteiger partial charge in [0, 0.05) is 0 Å². The number of phenolic OH excluding ortho intramolecular Hbond substituents is 1. The van der Waals surface area contributed by atoms with Crippen LogP contribution in [0.4, 0.5) is 0 Å². The molecular formula is C10H12INO3. The van der Waals surface area contributed by atoms with Gasteiger partial charge in [0.2, 0.25) is 0 Å². The largest absolute Gasteiger partial charge is 0.507 e. The van der Waals surface area contributed by atoms with Gasteiger partial charge in [-0.3, -0.25) is 4.79 Å². The molecule has 5 heteroatoms. The van der Waals surface area contributed by atoms with Crippen molar-refractivity contribution in [2.75, 3.05) is 7.11 Å². The first kappa shape index (κ1) is 12.3. The van der Waals surface area contributed by atoms with Crippen LogP contribution in [-0.2, 0) is 16.0 Å². The summed E-state index contributed by atoms with van der Waals surface area (Å²) in [6.45, 7) is 0. The Morgan fingerprint density at radius 3 is 2.87 bits per heavy atom. The Kier molecular flexibility index (Phi) is 4.34. The third kappa shape index (κ3) is 3.35. The van der Waals surface area contributed by atoms with Gasteiger partial charge in [0.25, 0.3) is 0 Å². The fraction of sp³-hybridized carbons (Fsp3) is 0.300. The lowest BCUT2D eigenvalue weighted by atomic mass is 10.1. The Morgan fingerprint density at radius 1 is 1.67 bits per heavy atom. The molecule has 0 aliphatic carbocycles. The van der Waals surface area contributed by atoms with Crippen LogP contribution in [0.1, 0.15) is 5.56 Å². The number of carbonyl (C=O) groups excluding carboxylic acids is 1. The van der Waals surface area contributed by atoms with E-state index in [1.54, 1.807) is 18.2 Å². The van der Waals surface area contributed by atoms with Crippen LogP contribution in [0.25, 0.3) is 0 Å². The second kappa shape index (κ2) is 5.32. The van der Waals surface area contributed by atoms with Gasteiger partial charge in [0.15, 0.2) is 0 Å². The van der Waals surface area contributed by atoms with E-state index < -0.39 is 12.0 Å². The SMILES string of the molecule is COC(=O)[C@H](N)Cc1ccc(O)c(I)c1. The first-order valence-electron chi connectivity index (χ1n) is 4.35. The molecule has 1 rings (SSSR count). The van der Waals surface area contributed by atoms with Gasteiger partial charge in [0.1, 0.15) is 11.8 Å². The summed E-state index contributed by atoms with van der Waals surface area (Å²) in [6, 6.07) is 4.45. The molecule has 0 amide bonds. The van der Waals surface area contributed by atoms with Crippen LogP contribution in [0.3, 0.4) is 0 Å². The molecule has 15 heavy (non-hydrogen) atoms. The normalized spacial score (nSPS) is 12.2. The van der Waals surface area contributed by atoms with E-state index in [1.807, 2.05) is 22.6 Å². The standard InChI is InChI=1S/C10H12INO3/c1-15-10(14)8(12)5-6-2-3-9(13)7(11)4-6/h2-4,8,13H,5,12H2,1H3/t8-/m1/s1. The number of hydrogen-bond donors (Lipinski definition) is 2. The first-order chi connectivity index (χ1) is 7.04. The summed E-state index contributed by atoms with van der Waals surface area (Å²) in [5.41, 5.74) is 6.51. The Labute approximate surface area is 102 Å². The first-order valence-corrected chi connectivity index (χ1v) is 5.43. The van der Waals surface area contributed by atoms with Crippen molar-refractivity contribution in [3.8, 4) is 5.75 Å². The van der Waals surface area contributed by atoms with Crippen LogP contribution in [0, 0.1) is 3.57 Å². The number of nitrogens with two attached hydrogens (primary N) is 1. The van der Waals surface area contributed by atoms with E-state index in [-0.39, 0.29) is 5.75 Å². The fourth-order valence-corrected chi connectivity index (χ4v) is 1.75. The Bertz CT molecular complexity index is 368. The van der Waals surface area contributed by atoms with Gasteiger partial charge in [-0.25, -0.2) is 0 Å². The quantitative estimate of drug-likeness (QED) is 0.644. The summed E-state index contributed by atoms with van der Waals surface area (Å²) >= 11 is 2.02. The number of hydrogen-bond acceptors (Lipinski definition) is 4. The zero-order valence-corrected chi connectivity index (χ0v) is 10.4. The highest BCUT2D eigenvalue weighted by Crippen LogP contribution is 2.20. The van der Waals surface area contributed by atoms with Gasteiger partial charge < -0.3 is 15.6 Å². The molecule has 4 nitrogen and oxygen atoms in total. The van der Waals surface area contributed by atoms with Crippen LogP contribution in [0.2, 0.25) is 0 Å². The summed E-state index contributed by atoms with van der Waals surface area (Å²) in [4.78, 5) is 11.1. The smallest absolute Gasteiger partial charge is 0.322 e. The van der Waals surface area contributed by atoms with E-state index in [1.165, 1.54) is 7.11 Å². The number of phenols is 1. The van der Waals surface area contributed by atoms with Crippen molar-refractivity contribution in [1.29, 1.82) is 0 Å². The molecule has 0 unspecified atom stereocenters. The van der Waals surface area contributed by atoms with Crippen molar-refractivity contribution in [3.05, 3.63) is 27.3 Å². The molecule has 0 heterocycles. The van der Waals surface area contributed by atoms with Gasteiger partial charge in [-0.05, 0) is 46.7 Å². The van der Waals surface area contributed by atoms with Crippen LogP contribution in [0.5, 0.6) is 5.75 Å². The van der Waals surface area contributed by atoms with E-state index >= 15 is 0 Å². The van der Waals surface area contributed by atoms with Crippen molar-refractivity contribution in [2.24, 2.45) is 5.73 Å². The maximum atomic E-state index is 11.1. The minimum Gasteiger partial charge on any atom is -0.507 e. The number of carbonyl (C=O) groups is 1. The Balaban J connectivity index is 2.73. The topological polar surface area (TPSA) is 72.5 Å². The lowest BCUT2D eigenvalue weighted by Gasteiger charge is -2.09. The van der Waals surface area contributed by atoms with Gasteiger partial charge >= 0.3 is 5.97 Å². The third-order valence-electron chi connectivity index (χ3n) is 1.97. The van der Waals surface area contributed by atoms with Gasteiger partial charge in [-0.15, -0.1) is 0 Å². The van der Waals surface area contributed by atoms with Crippen molar-refractivity contribution >= 4 is 28.6 Å². The average Bonchev–Trinajstić information content (AvgIpc) is 2.22. The second-order valence-electron chi connectivity index (χ2n) is 3.12. The van der Waals surface area contributed by atoms with Crippen molar-refractivity contribution in [3.63, 3.8) is 0 Å². The average molecular weight is 321 g/mol. The van der Waals surface area contributed by atoms with Gasteiger partial charge in [-0.2, -0.15) is 0 Å². The lowest BCUT2D eigenvalue weighted by Crippen LogP contribution is -2.33. The maximum absolute atomic E-state index is 11.1. The molecule has 1 aromatic rings. The minimum absolute atomic E-state index is 0.228. The maximum Gasteiger partial charge on any atom is 0.322 e. The summed E-state index contributed by atoms with van der Waals surface area (Å²) in [6.07, 6.45) is 0.406. The zero-order chi connectivity index (χ0) is 11.4. The molecule has 0 aliphatic rings. The monoisotopic (exact) mass is 321 g/mol. The summed E-state index contributed by atoms with van der Waals surface area (Å²) in [5.74, 6) is -0.205. The molecule has 0 aliphatic heterocycles. The van der Waals surface area contributed by atoms with Crippen LogP contribution >= 0.6 is 22.6 Å². The van der Waals surface area contributed by atoms with Crippen LogP contribution in [-0.4, -0.2) is 24.2 Å². The lowest BCUT2D eigenvalue weighted by molar-refractivity contribution is -0.142. The summed E-state index contributed by atoms with van der Waals surface area (Å²) in [5, 5.41) is 9.30. The molecule has 82 valence electrons. The molecule has 0 fully saturated rings. The number of rotatable bonds is 3. The minimum atomic E-state index is -0.657. The van der Waals surface area contributed by atoms with Gasteiger partial charge in [-0.1, -0.05) is 6.07 Å². The highest BCUT2D eigenvalue weighted by atomic mass is 127. The van der Waals surface area contributed by atoms with Crippen LogP contribution in [0.15, 0.2) is 18.2 Å². The molecule has 1 aromatic carbocycles. The second-order valence-corrected chi connectivity index (χ2v) is 4.28. The van der Waals surface area contributed by atoms with Gasteiger partial charge in [0.05, 0.1) is 10.7 Å². The molecule has 1 atom stereocenters. The highest BCUT2D eigenvalue weighted by molar-refractivity contribution is 14.1. The van der Waals surface area contributed by atoms with Crippen molar-refractivity contribution < 1.29 is 14.6 Å². The van der Waals surface area contributed by atoms with Crippen LogP contribution < -0.4 is 5.73 Å². The number of halogens is 1. The van der Waals surface area contributed by atoms with Crippen molar-refractivity contribution in [2.45, 2.75) is 12.5 Å². The number of benzene rings is 1. The Hall–Kier alpha value is -0.820. The number of ether oxygens (including phenoxy) is 1. The third-order valence-corrected chi connectivity index (χ3v) is 2.84. The highest BCUT2D eigenvalue weighted by Gasteiger charge is 2.14. The number of methoxy groups -OCH3 is 1. The molecule has 0 radical (unpaired) electrons. The number of esters is 1. The fourth-order valence-electron chi connectivity index (χ4n) is 1.17. The van der Waals surface area contributed by atoms with E-state index in [9.17, 15) is 9.90 Å². The molecule has 3 N–H and O–H groups in total. The summed E-state index contributed by atoms with van der Waals surface area (Å²) < 4.78 is 5.26. The van der Waals surface area contributed by atoms with E-state index in [4.69, 9.17) is 5.73 Å². The molecule has 0 spiro atoms. The van der Waals surface area contributed by atoms with Crippen molar-refractivity contribution in [1.82, 2.24) is 0 Å². The summed E-state index contributed by atoms with van der Waals surface area (Å²) in [7, 11) is 1.31. The van der Waals surface area contributed by atoms with E-state index in [0.717, 1.165) is 9.13 Å². The predicted molar refractivity (Wildman–Crippen MR) is 64.5 cm³/mol. The zero-order valence-electron chi connectivity index (χ0n) is 8.24. The number of aromatic hydroxyl groups is 1. The predicted octanol–water partition coefficient (Wildman–Crippen LogP) is 1.04. The Morgan fingerprint density at radius 2 is 2.33 bits per heavy atom. The molecule has 0 saturated heterocycles. The molecule has 0 aromatic heterocycles. The molecule has 0 saturated carbocycles. The molecule has 0 bridgehead atoms. The van der Waals surface area contributed by atoms with E-state index in [2.05, 4.69) is 4.74 Å². The van der Waals surface area contributed by atoms with E-state index in [0.29, 0.717) is 6.42 Å².